The van der Waals surface area contributed by atoms with Gasteiger partial charge in [-0.2, -0.15) is 0 Å². The molecule has 0 radical (unpaired) electrons. The third-order valence-corrected chi connectivity index (χ3v) is 9.16. The van der Waals surface area contributed by atoms with Gasteiger partial charge in [0, 0.05) is 31.2 Å². The maximum atomic E-state index is 13.0. The molecule has 0 spiro atoms. The fourth-order valence-electron chi connectivity index (χ4n) is 6.87. The van der Waals surface area contributed by atoms with Crippen LogP contribution in [0.25, 0.3) is 11.1 Å². The van der Waals surface area contributed by atoms with Gasteiger partial charge in [-0.1, -0.05) is 36.4 Å². The number of hydrogen-bond acceptors (Lipinski definition) is 13. The smallest absolute Gasteiger partial charge is 0.311 e. The number of carbonyl (C=O) groups excluding carboxylic acids is 1. The van der Waals surface area contributed by atoms with Gasteiger partial charge in [0.1, 0.15) is 41.3 Å². The van der Waals surface area contributed by atoms with Crippen molar-refractivity contribution in [1.82, 2.24) is 0 Å². The van der Waals surface area contributed by atoms with E-state index in [1.165, 1.54) is 33.5 Å². The Hall–Kier alpha value is -3.95. The summed E-state index contributed by atoms with van der Waals surface area (Å²) in [7, 11) is 5.55. The van der Waals surface area contributed by atoms with Crippen molar-refractivity contribution in [3.8, 4) is 34.1 Å². The van der Waals surface area contributed by atoms with Gasteiger partial charge in [0.05, 0.1) is 46.0 Å². The van der Waals surface area contributed by atoms with Gasteiger partial charge < -0.3 is 58.3 Å². The van der Waals surface area contributed by atoms with E-state index in [2.05, 4.69) is 0 Å². The number of esters is 1. The first-order valence-corrected chi connectivity index (χ1v) is 15.0. The van der Waals surface area contributed by atoms with Crippen molar-refractivity contribution in [2.24, 2.45) is 5.92 Å². The zero-order chi connectivity index (χ0) is 33.5. The Kier molecular flexibility index (Phi) is 9.06. The molecule has 13 heteroatoms. The summed E-state index contributed by atoms with van der Waals surface area (Å²) in [5, 5.41) is 44.3. The Labute approximate surface area is 271 Å². The van der Waals surface area contributed by atoms with E-state index in [1.54, 1.807) is 25.3 Å². The number of rotatable bonds is 10. The molecule has 2 heterocycles. The van der Waals surface area contributed by atoms with Crippen molar-refractivity contribution in [2.45, 2.75) is 48.5 Å². The van der Waals surface area contributed by atoms with Gasteiger partial charge in [0.25, 0.3) is 6.29 Å². The third-order valence-electron chi connectivity index (χ3n) is 9.16. The minimum atomic E-state index is -2.21. The van der Waals surface area contributed by atoms with Crippen molar-refractivity contribution >= 4 is 5.97 Å². The van der Waals surface area contributed by atoms with Crippen LogP contribution in [0.5, 0.6) is 23.0 Å². The standard InChI is InChI=1S/C34H38O13/c1-40-19-10-11-23(21(12-19)18-8-6-5-7-9-18)33-15-22(30(38)42-3)29(37)34(33,39)28-25(41-2)13-20(14-26(28)47-33)45-32-31(43-4)44-17-27(46-32)24(36)16-35/h5-14,22,24,27,29,31-32,35-37,39H,15-17H2,1-4H3/t22?,24-,27?,29+,31?,32+,33+,34-/m0/s1. The number of fused-ring (bicyclic) bond motifs is 3. The molecular formula is C34H38O13. The minimum absolute atomic E-state index is 0.0445. The van der Waals surface area contributed by atoms with Crippen molar-refractivity contribution in [3.63, 3.8) is 0 Å². The predicted octanol–water partition coefficient (Wildman–Crippen LogP) is 1.85. The first kappa shape index (κ1) is 33.0. The van der Waals surface area contributed by atoms with Crippen LogP contribution in [0.4, 0.5) is 0 Å². The van der Waals surface area contributed by atoms with Crippen LogP contribution in [0.3, 0.4) is 0 Å². The maximum Gasteiger partial charge on any atom is 0.311 e. The zero-order valence-electron chi connectivity index (χ0n) is 26.3. The molecule has 3 aromatic rings. The van der Waals surface area contributed by atoms with Crippen LogP contribution in [0.15, 0.2) is 60.7 Å². The van der Waals surface area contributed by atoms with Gasteiger partial charge in [0.15, 0.2) is 11.2 Å². The molecule has 2 aliphatic heterocycles. The maximum absolute atomic E-state index is 13.0. The lowest BCUT2D eigenvalue weighted by Gasteiger charge is -2.38. The topological polar surface area (TPSA) is 172 Å². The summed E-state index contributed by atoms with van der Waals surface area (Å²) in [6.07, 6.45) is -6.11. The van der Waals surface area contributed by atoms with Crippen LogP contribution in [-0.4, -0.2) is 98.9 Å². The first-order valence-electron chi connectivity index (χ1n) is 15.0. The largest absolute Gasteiger partial charge is 0.497 e. The summed E-state index contributed by atoms with van der Waals surface area (Å²) in [6, 6.07) is 17.7. The van der Waals surface area contributed by atoms with E-state index in [4.69, 9.17) is 37.9 Å². The summed E-state index contributed by atoms with van der Waals surface area (Å²) < 4.78 is 46.1. The second-order valence-electron chi connectivity index (χ2n) is 11.6. The molecule has 6 rings (SSSR count). The zero-order valence-corrected chi connectivity index (χ0v) is 26.3. The first-order chi connectivity index (χ1) is 22.6. The molecule has 0 amide bonds. The normalized spacial score (nSPS) is 30.1. The molecule has 1 saturated heterocycles. The predicted molar refractivity (Wildman–Crippen MR) is 163 cm³/mol. The molecule has 3 aliphatic rings. The van der Waals surface area contributed by atoms with Crippen molar-refractivity contribution in [2.75, 3.05) is 41.7 Å². The van der Waals surface area contributed by atoms with E-state index in [-0.39, 0.29) is 35.8 Å². The number of aliphatic hydroxyl groups excluding tert-OH is 3. The highest BCUT2D eigenvalue weighted by Crippen LogP contribution is 2.66. The lowest BCUT2D eigenvalue weighted by atomic mass is 9.74. The number of aliphatic hydroxyl groups is 4. The molecule has 1 aliphatic carbocycles. The number of hydrogen-bond donors (Lipinski definition) is 4. The molecule has 13 nitrogen and oxygen atoms in total. The Bertz CT molecular complexity index is 1600. The minimum Gasteiger partial charge on any atom is -0.497 e. The monoisotopic (exact) mass is 654 g/mol. The Balaban J connectivity index is 1.50. The molecule has 3 aromatic carbocycles. The molecule has 1 saturated carbocycles. The van der Waals surface area contributed by atoms with E-state index in [9.17, 15) is 25.2 Å². The SMILES string of the molecule is COC(=O)C1C[C@]2(c3ccc(OC)cc3-c3ccccc3)Oc3cc(O[C@@H]4OC([C@@H](O)CO)COC4OC)cc(OC)c3[C@]2(O)[C@@H]1O. The summed E-state index contributed by atoms with van der Waals surface area (Å²) >= 11 is 0. The van der Waals surface area contributed by atoms with Crippen molar-refractivity contribution in [1.29, 1.82) is 0 Å². The van der Waals surface area contributed by atoms with Crippen LogP contribution in [0, 0.1) is 5.92 Å². The van der Waals surface area contributed by atoms with E-state index < -0.39 is 60.6 Å². The summed E-state index contributed by atoms with van der Waals surface area (Å²) in [5.74, 6) is -0.944. The summed E-state index contributed by atoms with van der Waals surface area (Å²) in [5.41, 5.74) is -1.90. The molecule has 8 atom stereocenters. The van der Waals surface area contributed by atoms with E-state index >= 15 is 0 Å². The quantitative estimate of drug-likeness (QED) is 0.234. The Morgan fingerprint density at radius 2 is 1.77 bits per heavy atom. The molecule has 47 heavy (non-hydrogen) atoms. The van der Waals surface area contributed by atoms with Crippen molar-refractivity contribution < 1.29 is 63.1 Å². The van der Waals surface area contributed by atoms with Crippen LogP contribution < -0.4 is 18.9 Å². The summed E-state index contributed by atoms with van der Waals surface area (Å²) in [4.78, 5) is 13.0. The fraction of sp³-hybridized carbons (Fsp3) is 0.441. The highest BCUT2D eigenvalue weighted by molar-refractivity contribution is 5.78. The van der Waals surface area contributed by atoms with E-state index in [0.29, 0.717) is 16.9 Å². The number of ether oxygens (including phenoxy) is 8. The highest BCUT2D eigenvalue weighted by atomic mass is 16.8. The second-order valence-corrected chi connectivity index (χ2v) is 11.6. The van der Waals surface area contributed by atoms with Crippen LogP contribution in [0.2, 0.25) is 0 Å². The average molecular weight is 655 g/mol. The van der Waals surface area contributed by atoms with E-state index in [1.807, 2.05) is 30.3 Å². The lowest BCUT2D eigenvalue weighted by Crippen LogP contribution is -2.52. The number of carbonyl (C=O) groups is 1. The molecule has 4 N–H and O–H groups in total. The van der Waals surface area contributed by atoms with Crippen LogP contribution in [-0.2, 0) is 34.9 Å². The average Bonchev–Trinajstić information content (AvgIpc) is 3.50. The van der Waals surface area contributed by atoms with Gasteiger partial charge in [0.2, 0.25) is 6.29 Å². The second kappa shape index (κ2) is 12.9. The van der Waals surface area contributed by atoms with Gasteiger partial charge in [-0.3, -0.25) is 4.79 Å². The molecule has 2 fully saturated rings. The third kappa shape index (κ3) is 5.28. The summed E-state index contributed by atoms with van der Waals surface area (Å²) in [6.45, 7) is -0.595. The molecule has 0 bridgehead atoms. The van der Waals surface area contributed by atoms with Gasteiger partial charge in [-0.25, -0.2) is 0 Å². The number of methoxy groups -OCH3 is 4. The molecule has 0 aromatic heterocycles. The number of benzene rings is 3. The van der Waals surface area contributed by atoms with Crippen molar-refractivity contribution in [3.05, 3.63) is 71.8 Å². The molecular weight excluding hydrogens is 616 g/mol. The van der Waals surface area contributed by atoms with Gasteiger partial charge in [-0.15, -0.1) is 0 Å². The Morgan fingerprint density at radius 1 is 1.00 bits per heavy atom. The lowest BCUT2D eigenvalue weighted by molar-refractivity contribution is -0.324. The van der Waals surface area contributed by atoms with E-state index in [0.717, 1.165) is 5.56 Å². The Morgan fingerprint density at radius 3 is 2.43 bits per heavy atom. The molecule has 3 unspecified atom stereocenters. The van der Waals surface area contributed by atoms with Crippen LogP contribution in [0.1, 0.15) is 17.5 Å². The highest BCUT2D eigenvalue weighted by Gasteiger charge is 2.74. The van der Waals surface area contributed by atoms with Gasteiger partial charge >= 0.3 is 5.97 Å². The fourth-order valence-corrected chi connectivity index (χ4v) is 6.87. The van der Waals surface area contributed by atoms with Gasteiger partial charge in [-0.05, 0) is 23.3 Å². The molecule has 252 valence electrons. The van der Waals surface area contributed by atoms with Crippen LogP contribution >= 0.6 is 0 Å².